The molecule has 0 saturated carbocycles. The van der Waals surface area contributed by atoms with Crippen molar-refractivity contribution in [1.82, 2.24) is 44.4 Å². The Labute approximate surface area is 205 Å². The number of anilines is 1. The fourth-order valence-corrected chi connectivity index (χ4v) is 4.83. The second kappa shape index (κ2) is 8.23. The summed E-state index contributed by atoms with van der Waals surface area (Å²) in [7, 11) is 3.60. The molecule has 1 aliphatic heterocycles. The van der Waals surface area contributed by atoms with Gasteiger partial charge in [-0.1, -0.05) is 0 Å². The predicted molar refractivity (Wildman–Crippen MR) is 128 cm³/mol. The lowest BCUT2D eigenvalue weighted by Gasteiger charge is -2.37. The van der Waals surface area contributed by atoms with Crippen LogP contribution in [0.5, 0.6) is 0 Å². The van der Waals surface area contributed by atoms with E-state index in [1.165, 1.54) is 6.33 Å². The number of hydrogen-bond acceptors (Lipinski definition) is 8. The molecular formula is C24H22FN11. The van der Waals surface area contributed by atoms with Gasteiger partial charge < -0.3 is 9.47 Å². The highest BCUT2D eigenvalue weighted by molar-refractivity contribution is 5.88. The quantitative estimate of drug-likeness (QED) is 0.383. The summed E-state index contributed by atoms with van der Waals surface area (Å²) in [6, 6.07) is 7.80. The number of piperidine rings is 1. The third-order valence-electron chi connectivity index (χ3n) is 6.67. The number of nitrogens with zero attached hydrogens (tertiary/aromatic N) is 11. The molecule has 1 saturated heterocycles. The predicted octanol–water partition coefficient (Wildman–Crippen LogP) is 2.66. The Morgan fingerprint density at radius 1 is 1.08 bits per heavy atom. The monoisotopic (exact) mass is 483 g/mol. The van der Waals surface area contributed by atoms with E-state index in [0.717, 1.165) is 22.3 Å². The zero-order chi connectivity index (χ0) is 24.9. The Bertz CT molecular complexity index is 1610. The van der Waals surface area contributed by atoms with E-state index in [0.29, 0.717) is 35.9 Å². The van der Waals surface area contributed by atoms with Crippen LogP contribution < -0.4 is 4.90 Å². The fourth-order valence-electron chi connectivity index (χ4n) is 4.83. The van der Waals surface area contributed by atoms with Crippen molar-refractivity contribution in [3.05, 3.63) is 60.7 Å². The Morgan fingerprint density at radius 3 is 2.61 bits per heavy atom. The van der Waals surface area contributed by atoms with E-state index in [2.05, 4.69) is 36.5 Å². The summed E-state index contributed by atoms with van der Waals surface area (Å²) in [6.45, 7) is 0.804. The number of alkyl halides is 1. The third-order valence-corrected chi connectivity index (χ3v) is 6.67. The topological polar surface area (TPSA) is 119 Å². The van der Waals surface area contributed by atoms with Crippen LogP contribution in [0.2, 0.25) is 0 Å². The van der Waals surface area contributed by atoms with Gasteiger partial charge in [0.15, 0.2) is 11.5 Å². The largest absolute Gasteiger partial charge is 0.368 e. The first-order chi connectivity index (χ1) is 17.5. The van der Waals surface area contributed by atoms with Crippen LogP contribution in [0.15, 0.2) is 49.3 Å². The van der Waals surface area contributed by atoms with Crippen LogP contribution in [0.3, 0.4) is 0 Å². The molecule has 180 valence electrons. The van der Waals surface area contributed by atoms with Crippen molar-refractivity contribution in [3.63, 3.8) is 0 Å². The van der Waals surface area contributed by atoms with Gasteiger partial charge in [-0.2, -0.15) is 20.1 Å². The van der Waals surface area contributed by atoms with Crippen molar-refractivity contribution in [3.8, 4) is 28.6 Å². The average molecular weight is 484 g/mol. The van der Waals surface area contributed by atoms with Gasteiger partial charge in [0.1, 0.15) is 12.4 Å². The van der Waals surface area contributed by atoms with Crippen LogP contribution in [0.4, 0.5) is 10.1 Å². The highest BCUT2D eigenvalue weighted by atomic mass is 19.1. The maximum Gasteiger partial charge on any atom is 0.173 e. The van der Waals surface area contributed by atoms with Crippen molar-refractivity contribution in [2.45, 2.75) is 18.5 Å². The Balaban J connectivity index is 1.37. The van der Waals surface area contributed by atoms with E-state index in [-0.39, 0.29) is 12.8 Å². The van der Waals surface area contributed by atoms with E-state index in [4.69, 9.17) is 0 Å². The normalized spacial score (nSPS) is 15.3. The molecule has 0 atom stereocenters. The molecule has 1 fully saturated rings. The van der Waals surface area contributed by atoms with E-state index >= 15 is 4.39 Å². The SMILES string of the molecule is Cn1cc(-c2ccc3c(-c4nccc(C#N)c4N4CCC(F)(c5nncn5C)CC4)cnn3n2)cn1. The number of pyridine rings is 1. The minimum atomic E-state index is -1.58. The molecule has 6 heterocycles. The zero-order valence-corrected chi connectivity index (χ0v) is 19.7. The molecule has 0 N–H and O–H groups in total. The van der Waals surface area contributed by atoms with E-state index < -0.39 is 5.67 Å². The fraction of sp³-hybridized carbons (Fsp3) is 0.292. The van der Waals surface area contributed by atoms with E-state index in [1.54, 1.807) is 45.6 Å². The van der Waals surface area contributed by atoms with Gasteiger partial charge in [-0.05, 0) is 18.2 Å². The third kappa shape index (κ3) is 3.48. The highest BCUT2D eigenvalue weighted by Gasteiger charge is 2.41. The Hall–Kier alpha value is -4.66. The smallest absolute Gasteiger partial charge is 0.173 e. The number of halogens is 1. The van der Waals surface area contributed by atoms with Crippen molar-refractivity contribution in [1.29, 1.82) is 5.26 Å². The molecule has 0 amide bonds. The molecule has 12 heteroatoms. The summed E-state index contributed by atoms with van der Waals surface area (Å²) >= 11 is 0. The maximum atomic E-state index is 15.8. The number of nitriles is 1. The van der Waals surface area contributed by atoms with Gasteiger partial charge in [-0.3, -0.25) is 9.67 Å². The van der Waals surface area contributed by atoms with Crippen LogP contribution in [0.1, 0.15) is 24.2 Å². The first-order valence-corrected chi connectivity index (χ1v) is 11.5. The summed E-state index contributed by atoms with van der Waals surface area (Å²) in [6.07, 6.45) is 8.91. The van der Waals surface area contributed by atoms with Crippen LogP contribution in [0, 0.1) is 11.3 Å². The number of rotatable bonds is 4. The molecule has 5 aromatic heterocycles. The molecule has 0 radical (unpaired) electrons. The van der Waals surface area contributed by atoms with Crippen molar-refractivity contribution in [2.75, 3.05) is 18.0 Å². The van der Waals surface area contributed by atoms with Gasteiger partial charge in [-0.15, -0.1) is 15.3 Å². The van der Waals surface area contributed by atoms with Gasteiger partial charge in [0.25, 0.3) is 0 Å². The molecule has 1 aliphatic rings. The lowest BCUT2D eigenvalue weighted by molar-refractivity contribution is 0.109. The van der Waals surface area contributed by atoms with Crippen molar-refractivity contribution in [2.24, 2.45) is 14.1 Å². The van der Waals surface area contributed by atoms with Crippen LogP contribution in [0.25, 0.3) is 28.0 Å². The minimum Gasteiger partial charge on any atom is -0.368 e. The van der Waals surface area contributed by atoms with Gasteiger partial charge in [-0.25, -0.2) is 4.39 Å². The number of fused-ring (bicyclic) bond motifs is 1. The minimum absolute atomic E-state index is 0.226. The molecule has 36 heavy (non-hydrogen) atoms. The molecule has 0 bridgehead atoms. The van der Waals surface area contributed by atoms with E-state index in [1.807, 2.05) is 30.3 Å². The summed E-state index contributed by atoms with van der Waals surface area (Å²) in [5.74, 6) is 0.326. The van der Waals surface area contributed by atoms with Gasteiger partial charge >= 0.3 is 0 Å². The van der Waals surface area contributed by atoms with Crippen LogP contribution >= 0.6 is 0 Å². The first kappa shape index (κ1) is 21.8. The first-order valence-electron chi connectivity index (χ1n) is 11.5. The summed E-state index contributed by atoms with van der Waals surface area (Å²) in [5.41, 5.74) is 3.31. The molecule has 11 nitrogen and oxygen atoms in total. The number of hydrogen-bond donors (Lipinski definition) is 0. The Kier molecular flexibility index (Phi) is 4.99. The number of aryl methyl sites for hydroxylation is 2. The molecule has 6 rings (SSSR count). The molecule has 0 aliphatic carbocycles. The summed E-state index contributed by atoms with van der Waals surface area (Å²) in [5, 5.41) is 31.0. The van der Waals surface area contributed by atoms with Crippen molar-refractivity contribution < 1.29 is 4.39 Å². The summed E-state index contributed by atoms with van der Waals surface area (Å²) in [4.78, 5) is 6.66. The number of aromatic nitrogens is 9. The maximum absolute atomic E-state index is 15.8. The second-order valence-electron chi connectivity index (χ2n) is 8.94. The molecule has 0 aromatic carbocycles. The van der Waals surface area contributed by atoms with Crippen LogP contribution in [-0.4, -0.2) is 57.4 Å². The molecular weight excluding hydrogens is 461 g/mol. The standard InChI is InChI=1S/C24H22FN11/c1-33-15-28-31-23(33)24(25)6-9-35(10-7-24)22-16(11-26)5-8-27-21(22)18-13-30-36-20(18)4-3-19(32-36)17-12-29-34(2)14-17/h3-5,8,12-15H,6-7,9-10H2,1-2H3. The molecule has 0 unspecified atom stereocenters. The average Bonchev–Trinajstić information content (AvgIpc) is 3.63. The van der Waals surface area contributed by atoms with E-state index in [9.17, 15) is 5.26 Å². The van der Waals surface area contributed by atoms with Crippen LogP contribution in [-0.2, 0) is 19.8 Å². The zero-order valence-electron chi connectivity index (χ0n) is 19.7. The van der Waals surface area contributed by atoms with Gasteiger partial charge in [0.2, 0.25) is 0 Å². The van der Waals surface area contributed by atoms with Gasteiger partial charge in [0.05, 0.1) is 46.1 Å². The lowest BCUT2D eigenvalue weighted by atomic mass is 9.91. The van der Waals surface area contributed by atoms with Crippen molar-refractivity contribution >= 4 is 11.2 Å². The van der Waals surface area contributed by atoms with Gasteiger partial charge in [0, 0.05) is 58.0 Å². The lowest BCUT2D eigenvalue weighted by Crippen LogP contribution is -2.42. The molecule has 5 aromatic rings. The molecule has 0 spiro atoms. The Morgan fingerprint density at radius 2 is 1.92 bits per heavy atom. The highest BCUT2D eigenvalue weighted by Crippen LogP contribution is 2.41. The second-order valence-corrected chi connectivity index (χ2v) is 8.94. The summed E-state index contributed by atoms with van der Waals surface area (Å²) < 4.78 is 20.7.